The van der Waals surface area contributed by atoms with Crippen LogP contribution >= 0.6 is 0 Å². The molecule has 0 amide bonds. The molecule has 26 heavy (non-hydrogen) atoms. The molecule has 0 radical (unpaired) electrons. The van der Waals surface area contributed by atoms with E-state index in [0.29, 0.717) is 5.69 Å². The van der Waals surface area contributed by atoms with Gasteiger partial charge in [0.2, 0.25) is 0 Å². The first kappa shape index (κ1) is 19.4. The van der Waals surface area contributed by atoms with E-state index in [0.717, 1.165) is 39.1 Å². The second-order valence-electron chi connectivity index (χ2n) is 6.64. The van der Waals surface area contributed by atoms with E-state index >= 15 is 0 Å². The average molecular weight is 353 g/mol. The van der Waals surface area contributed by atoms with Gasteiger partial charge >= 0.3 is 0 Å². The van der Waals surface area contributed by atoms with Crippen LogP contribution in [0.3, 0.4) is 0 Å². The summed E-state index contributed by atoms with van der Waals surface area (Å²) in [6, 6.07) is 7.10. The predicted molar refractivity (Wildman–Crippen MR) is 108 cm³/mol. The number of benzene rings is 1. The molecule has 5 heteroatoms. The molecule has 2 aromatic rings. The molecule has 0 fully saturated rings. The second-order valence-corrected chi connectivity index (χ2v) is 6.64. The summed E-state index contributed by atoms with van der Waals surface area (Å²) in [6.07, 6.45) is 2.04. The van der Waals surface area contributed by atoms with Crippen molar-refractivity contribution in [2.75, 3.05) is 0 Å². The second kappa shape index (κ2) is 7.52. The molecule has 0 saturated carbocycles. The van der Waals surface area contributed by atoms with Crippen LogP contribution in [0, 0.1) is 0 Å². The Hall–Kier alpha value is -2.95. The fraction of sp³-hybridized carbons (Fsp3) is 0.286. The Morgan fingerprint density at radius 2 is 1.65 bits per heavy atom. The Morgan fingerprint density at radius 3 is 2.12 bits per heavy atom. The molecule has 0 aliphatic rings. The lowest BCUT2D eigenvalue weighted by atomic mass is 9.91. The highest BCUT2D eigenvalue weighted by atomic mass is 16.4. The van der Waals surface area contributed by atoms with Crippen LogP contribution in [0.15, 0.2) is 41.1 Å². The molecule has 1 aromatic heterocycles. The Balaban J connectivity index is 3.08. The Kier molecular flexibility index (Phi) is 5.60. The summed E-state index contributed by atoms with van der Waals surface area (Å²) in [4.78, 5) is 0. The summed E-state index contributed by atoms with van der Waals surface area (Å²) in [5.41, 5.74) is 13.9. The van der Waals surface area contributed by atoms with Gasteiger partial charge in [-0.15, -0.1) is 0 Å². The molecule has 5 nitrogen and oxygen atoms in total. The molecule has 0 aliphatic heterocycles. The number of amidine groups is 1. The minimum Gasteiger partial charge on any atom is -0.508 e. The fourth-order valence-electron chi connectivity index (χ4n) is 3.15. The maximum atomic E-state index is 9.68. The first-order chi connectivity index (χ1) is 12.2. The molecule has 1 aromatic carbocycles. The van der Waals surface area contributed by atoms with E-state index in [1.165, 1.54) is 0 Å². The summed E-state index contributed by atoms with van der Waals surface area (Å²) >= 11 is 0. The smallest absolute Gasteiger partial charge is 0.187 e. The van der Waals surface area contributed by atoms with Gasteiger partial charge in [-0.05, 0) is 63.5 Å². The molecule has 1 heterocycles. The average Bonchev–Trinajstić information content (AvgIpc) is 2.93. The predicted octanol–water partition coefficient (Wildman–Crippen LogP) is 4.73. The Bertz CT molecular complexity index is 910. The summed E-state index contributed by atoms with van der Waals surface area (Å²) < 4.78 is 1.97. The Morgan fingerprint density at radius 1 is 1.08 bits per heavy atom. The van der Waals surface area contributed by atoms with E-state index < -0.39 is 0 Å². The third-order valence-corrected chi connectivity index (χ3v) is 4.83. The van der Waals surface area contributed by atoms with Crippen LogP contribution in [0.2, 0.25) is 0 Å². The zero-order valence-electron chi connectivity index (χ0n) is 16.3. The summed E-state index contributed by atoms with van der Waals surface area (Å²) in [5, 5.41) is 22.3. The SMILES string of the molecule is CC=C(C)c1c(-c2ccc(O)cc2)c(C(C)=C(C)C)c(C(N)=NO)n1C. The van der Waals surface area contributed by atoms with Gasteiger partial charge in [0.15, 0.2) is 5.84 Å². The molecule has 2 rings (SSSR count). The van der Waals surface area contributed by atoms with Gasteiger partial charge in [-0.25, -0.2) is 0 Å². The summed E-state index contributed by atoms with van der Waals surface area (Å²) in [7, 11) is 1.92. The Labute approximate surface area is 154 Å². The van der Waals surface area contributed by atoms with E-state index in [1.807, 2.05) is 64.4 Å². The minimum atomic E-state index is 0.0679. The number of nitrogens with zero attached hydrogens (tertiary/aromatic N) is 2. The maximum absolute atomic E-state index is 9.68. The molecule has 0 atom stereocenters. The van der Waals surface area contributed by atoms with Crippen molar-refractivity contribution in [2.45, 2.75) is 34.6 Å². The largest absolute Gasteiger partial charge is 0.508 e. The van der Waals surface area contributed by atoms with Crippen molar-refractivity contribution < 1.29 is 10.3 Å². The number of aromatic hydroxyl groups is 1. The first-order valence-electron chi connectivity index (χ1n) is 8.52. The van der Waals surface area contributed by atoms with E-state index in [4.69, 9.17) is 5.73 Å². The number of oxime groups is 1. The number of hydrogen-bond acceptors (Lipinski definition) is 3. The van der Waals surface area contributed by atoms with Gasteiger partial charge in [0.1, 0.15) is 5.75 Å². The zero-order valence-corrected chi connectivity index (χ0v) is 16.3. The van der Waals surface area contributed by atoms with Crippen molar-refractivity contribution in [2.24, 2.45) is 17.9 Å². The van der Waals surface area contributed by atoms with Crippen LogP contribution < -0.4 is 5.73 Å². The molecule has 0 spiro atoms. The van der Waals surface area contributed by atoms with Gasteiger partial charge in [-0.2, -0.15) is 0 Å². The highest BCUT2D eigenvalue weighted by Crippen LogP contribution is 2.41. The minimum absolute atomic E-state index is 0.0679. The summed E-state index contributed by atoms with van der Waals surface area (Å²) in [6.45, 7) is 10.1. The molecular formula is C21H27N3O2. The molecule has 0 aliphatic carbocycles. The number of rotatable bonds is 4. The van der Waals surface area contributed by atoms with E-state index in [-0.39, 0.29) is 11.6 Å². The highest BCUT2D eigenvalue weighted by Gasteiger charge is 2.26. The molecule has 0 saturated heterocycles. The lowest BCUT2D eigenvalue weighted by Gasteiger charge is -2.11. The van der Waals surface area contributed by atoms with E-state index in [1.54, 1.807) is 12.1 Å². The molecule has 0 unspecified atom stereocenters. The third-order valence-electron chi connectivity index (χ3n) is 4.83. The van der Waals surface area contributed by atoms with Gasteiger partial charge in [0, 0.05) is 18.2 Å². The number of phenolic OH excluding ortho intramolecular Hbond substituents is 1. The fourth-order valence-corrected chi connectivity index (χ4v) is 3.15. The number of hydrogen-bond donors (Lipinski definition) is 3. The van der Waals surface area contributed by atoms with Crippen LogP contribution in [-0.2, 0) is 7.05 Å². The molecule has 138 valence electrons. The number of aromatic nitrogens is 1. The topological polar surface area (TPSA) is 83.8 Å². The molecule has 4 N–H and O–H groups in total. The van der Waals surface area contributed by atoms with Crippen molar-refractivity contribution in [3.63, 3.8) is 0 Å². The normalized spacial score (nSPS) is 12.4. The van der Waals surface area contributed by atoms with Crippen molar-refractivity contribution in [3.05, 3.63) is 52.9 Å². The van der Waals surface area contributed by atoms with Gasteiger partial charge < -0.3 is 20.6 Å². The number of phenols is 1. The van der Waals surface area contributed by atoms with Gasteiger partial charge in [-0.1, -0.05) is 28.9 Å². The third kappa shape index (κ3) is 3.25. The number of allylic oxidation sites excluding steroid dienone is 4. The summed E-state index contributed by atoms with van der Waals surface area (Å²) in [5.74, 6) is 0.282. The quantitative estimate of drug-likeness (QED) is 0.321. The number of nitrogens with two attached hydrogens (primary N) is 1. The van der Waals surface area contributed by atoms with Crippen LogP contribution in [0.1, 0.15) is 51.6 Å². The monoisotopic (exact) mass is 353 g/mol. The molecule has 0 bridgehead atoms. The van der Waals surface area contributed by atoms with E-state index in [9.17, 15) is 10.3 Å². The zero-order chi connectivity index (χ0) is 19.6. The maximum Gasteiger partial charge on any atom is 0.187 e. The van der Waals surface area contributed by atoms with Crippen molar-refractivity contribution >= 4 is 17.0 Å². The van der Waals surface area contributed by atoms with Gasteiger partial charge in [0.25, 0.3) is 0 Å². The first-order valence-corrected chi connectivity index (χ1v) is 8.52. The molecular weight excluding hydrogens is 326 g/mol. The van der Waals surface area contributed by atoms with Crippen LogP contribution in [-0.4, -0.2) is 20.7 Å². The van der Waals surface area contributed by atoms with E-state index in [2.05, 4.69) is 5.16 Å². The lowest BCUT2D eigenvalue weighted by Crippen LogP contribution is -2.19. The van der Waals surface area contributed by atoms with Gasteiger partial charge in [-0.3, -0.25) is 0 Å². The van der Waals surface area contributed by atoms with Crippen LogP contribution in [0.5, 0.6) is 5.75 Å². The van der Waals surface area contributed by atoms with Crippen LogP contribution in [0.4, 0.5) is 0 Å². The van der Waals surface area contributed by atoms with Crippen molar-refractivity contribution in [1.82, 2.24) is 4.57 Å². The van der Waals surface area contributed by atoms with Gasteiger partial charge in [0.05, 0.1) is 11.4 Å². The highest BCUT2D eigenvalue weighted by molar-refractivity contribution is 6.06. The van der Waals surface area contributed by atoms with Crippen LogP contribution in [0.25, 0.3) is 22.3 Å². The standard InChI is InChI=1S/C21H27N3O2/c1-7-13(4)19-18(15-8-10-16(25)11-9-15)17(14(5)12(2)3)20(24(19)6)21(22)23-26/h7-11,25-26H,1-6H3,(H2,22,23). The lowest BCUT2D eigenvalue weighted by molar-refractivity contribution is 0.318. The van der Waals surface area contributed by atoms with Crippen molar-refractivity contribution in [3.8, 4) is 16.9 Å². The van der Waals surface area contributed by atoms with Crippen molar-refractivity contribution in [1.29, 1.82) is 0 Å².